The molecule has 0 heterocycles. The molecular weight excluding hydrogens is 128 g/mol. The van der Waals surface area contributed by atoms with Gasteiger partial charge in [0, 0.05) is 0 Å². The minimum absolute atomic E-state index is 0.990. The van der Waals surface area contributed by atoms with E-state index >= 15 is 0 Å². The SMILES string of the molecule is COC(=O)OOC(C)O. The number of carbonyl (C=O) groups is 1. The lowest BCUT2D eigenvalue weighted by Gasteiger charge is -2.02. The van der Waals surface area contributed by atoms with Gasteiger partial charge in [-0.1, -0.05) is 0 Å². The number of rotatable bonds is 2. The molecule has 9 heavy (non-hydrogen) atoms. The second-order valence-corrected chi connectivity index (χ2v) is 1.23. The molecule has 0 saturated heterocycles. The van der Waals surface area contributed by atoms with Gasteiger partial charge in [0.15, 0.2) is 6.29 Å². The van der Waals surface area contributed by atoms with Crippen LogP contribution in [0.3, 0.4) is 0 Å². The zero-order valence-corrected chi connectivity index (χ0v) is 5.16. The van der Waals surface area contributed by atoms with Crippen LogP contribution >= 0.6 is 0 Å². The Labute approximate surface area is 52.1 Å². The van der Waals surface area contributed by atoms with Crippen LogP contribution in [0.15, 0.2) is 0 Å². The highest BCUT2D eigenvalue weighted by Gasteiger charge is 2.03. The molecule has 1 N–H and O–H groups in total. The second kappa shape index (κ2) is 4.11. The number of hydrogen-bond donors (Lipinski definition) is 1. The number of aliphatic hydroxyl groups is 1. The van der Waals surface area contributed by atoms with Gasteiger partial charge in [0.25, 0.3) is 0 Å². The van der Waals surface area contributed by atoms with Crippen LogP contribution < -0.4 is 0 Å². The highest BCUT2D eigenvalue weighted by molar-refractivity contribution is 5.58. The fourth-order valence-corrected chi connectivity index (χ4v) is 0.143. The molecule has 0 aliphatic carbocycles. The van der Waals surface area contributed by atoms with E-state index in [0.29, 0.717) is 0 Å². The summed E-state index contributed by atoms with van der Waals surface area (Å²) in [6, 6.07) is 0. The second-order valence-electron chi connectivity index (χ2n) is 1.23. The van der Waals surface area contributed by atoms with Crippen LogP contribution in [0.1, 0.15) is 6.92 Å². The standard InChI is InChI=1S/C4H8O5/c1-3(5)8-9-4(6)7-2/h3,5H,1-2H3. The molecule has 5 nitrogen and oxygen atoms in total. The van der Waals surface area contributed by atoms with E-state index < -0.39 is 12.4 Å². The third-order valence-corrected chi connectivity index (χ3v) is 0.422. The molecule has 1 atom stereocenters. The van der Waals surface area contributed by atoms with E-state index in [1.807, 2.05) is 0 Å². The Hall–Kier alpha value is -0.810. The molecule has 0 fully saturated rings. The van der Waals surface area contributed by atoms with Crippen molar-refractivity contribution in [2.45, 2.75) is 13.2 Å². The van der Waals surface area contributed by atoms with Crippen molar-refractivity contribution in [3.05, 3.63) is 0 Å². The molecule has 0 aromatic heterocycles. The van der Waals surface area contributed by atoms with E-state index in [2.05, 4.69) is 14.5 Å². The van der Waals surface area contributed by atoms with Gasteiger partial charge >= 0.3 is 6.16 Å². The van der Waals surface area contributed by atoms with Crippen LogP contribution in [0.2, 0.25) is 0 Å². The van der Waals surface area contributed by atoms with E-state index in [9.17, 15) is 4.79 Å². The summed E-state index contributed by atoms with van der Waals surface area (Å²) in [5, 5.41) is 8.34. The highest BCUT2D eigenvalue weighted by atomic mass is 17.2. The average Bonchev–Trinajstić information content (AvgIpc) is 1.83. The lowest BCUT2D eigenvalue weighted by Crippen LogP contribution is -2.12. The molecule has 1 unspecified atom stereocenters. The van der Waals surface area contributed by atoms with Crippen molar-refractivity contribution in [1.82, 2.24) is 0 Å². The van der Waals surface area contributed by atoms with Crippen molar-refractivity contribution in [1.29, 1.82) is 0 Å². The van der Waals surface area contributed by atoms with Crippen LogP contribution in [-0.2, 0) is 14.5 Å². The minimum Gasteiger partial charge on any atom is -0.436 e. The molecule has 0 saturated carbocycles. The Bertz CT molecular complexity index is 89.0. The zero-order chi connectivity index (χ0) is 7.28. The highest BCUT2D eigenvalue weighted by Crippen LogP contribution is 1.88. The summed E-state index contributed by atoms with van der Waals surface area (Å²) in [7, 11) is 1.13. The first-order chi connectivity index (χ1) is 4.16. The summed E-state index contributed by atoms with van der Waals surface area (Å²) in [4.78, 5) is 17.9. The maximum atomic E-state index is 10.0. The molecule has 0 radical (unpaired) electrons. The Morgan fingerprint density at radius 2 is 2.22 bits per heavy atom. The van der Waals surface area contributed by atoms with E-state index in [4.69, 9.17) is 5.11 Å². The molecule has 0 bridgehead atoms. The van der Waals surface area contributed by atoms with Crippen LogP contribution in [0.5, 0.6) is 0 Å². The Morgan fingerprint density at radius 1 is 1.67 bits per heavy atom. The molecule has 0 rings (SSSR count). The van der Waals surface area contributed by atoms with Gasteiger partial charge in [-0.2, -0.15) is 4.89 Å². The van der Waals surface area contributed by atoms with Gasteiger partial charge in [0.1, 0.15) is 0 Å². The van der Waals surface area contributed by atoms with Crippen molar-refractivity contribution >= 4 is 6.16 Å². The largest absolute Gasteiger partial charge is 0.540 e. The van der Waals surface area contributed by atoms with Gasteiger partial charge in [-0.3, -0.25) is 4.89 Å². The lowest BCUT2D eigenvalue weighted by molar-refractivity contribution is -0.329. The predicted octanol–water partition coefficient (Wildman–Crippen LogP) is 0.0393. The number of carbonyl (C=O) groups excluding carboxylic acids is 1. The Morgan fingerprint density at radius 3 is 2.56 bits per heavy atom. The van der Waals surface area contributed by atoms with Crippen LogP contribution in [-0.4, -0.2) is 24.7 Å². The Kier molecular flexibility index (Phi) is 3.74. The number of hydrogen-bond acceptors (Lipinski definition) is 5. The van der Waals surface area contributed by atoms with Gasteiger partial charge in [-0.15, -0.1) is 0 Å². The maximum absolute atomic E-state index is 10.0. The van der Waals surface area contributed by atoms with Crippen LogP contribution in [0.25, 0.3) is 0 Å². The first kappa shape index (κ1) is 8.19. The molecule has 0 spiro atoms. The van der Waals surface area contributed by atoms with Crippen molar-refractivity contribution in [2.24, 2.45) is 0 Å². The molecule has 54 valence electrons. The van der Waals surface area contributed by atoms with Crippen molar-refractivity contribution in [3.8, 4) is 0 Å². The van der Waals surface area contributed by atoms with Gasteiger partial charge in [-0.05, 0) is 6.92 Å². The lowest BCUT2D eigenvalue weighted by atomic mass is 10.8. The Balaban J connectivity index is 3.17. The zero-order valence-electron chi connectivity index (χ0n) is 5.16. The minimum atomic E-state index is -1.14. The van der Waals surface area contributed by atoms with Crippen LogP contribution in [0, 0.1) is 0 Å². The van der Waals surface area contributed by atoms with Gasteiger partial charge in [0.05, 0.1) is 7.11 Å². The van der Waals surface area contributed by atoms with E-state index in [1.165, 1.54) is 6.92 Å². The third-order valence-electron chi connectivity index (χ3n) is 0.422. The first-order valence-corrected chi connectivity index (χ1v) is 2.26. The molecule has 0 amide bonds. The summed E-state index contributed by atoms with van der Waals surface area (Å²) in [5.74, 6) is 0. The monoisotopic (exact) mass is 136 g/mol. The summed E-state index contributed by atoms with van der Waals surface area (Å²) in [6.45, 7) is 1.29. The summed E-state index contributed by atoms with van der Waals surface area (Å²) < 4.78 is 4.00. The van der Waals surface area contributed by atoms with Gasteiger partial charge in [0.2, 0.25) is 0 Å². The first-order valence-electron chi connectivity index (χ1n) is 2.26. The molecule has 5 heteroatoms. The maximum Gasteiger partial charge on any atom is 0.540 e. The van der Waals surface area contributed by atoms with Gasteiger partial charge < -0.3 is 9.84 Å². The predicted molar refractivity (Wildman–Crippen MR) is 26.3 cm³/mol. The molecule has 0 aromatic carbocycles. The normalized spacial score (nSPS) is 12.3. The number of aliphatic hydroxyl groups excluding tert-OH is 1. The number of ether oxygens (including phenoxy) is 1. The third kappa shape index (κ3) is 5.05. The van der Waals surface area contributed by atoms with Gasteiger partial charge in [-0.25, -0.2) is 4.79 Å². The molecule has 0 aliphatic heterocycles. The van der Waals surface area contributed by atoms with Crippen molar-refractivity contribution in [3.63, 3.8) is 0 Å². The van der Waals surface area contributed by atoms with Crippen LogP contribution in [0.4, 0.5) is 4.79 Å². The fourth-order valence-electron chi connectivity index (χ4n) is 0.143. The average molecular weight is 136 g/mol. The fraction of sp³-hybridized carbons (Fsp3) is 0.750. The van der Waals surface area contributed by atoms with Crippen molar-refractivity contribution < 1.29 is 24.4 Å². The van der Waals surface area contributed by atoms with E-state index in [0.717, 1.165) is 7.11 Å². The quantitative estimate of drug-likeness (QED) is 0.251. The number of methoxy groups -OCH3 is 1. The smallest absolute Gasteiger partial charge is 0.436 e. The summed E-state index contributed by atoms with van der Waals surface area (Å²) in [5.41, 5.74) is 0. The van der Waals surface area contributed by atoms with Crippen molar-refractivity contribution in [2.75, 3.05) is 7.11 Å². The summed E-state index contributed by atoms with van der Waals surface area (Å²) in [6.07, 6.45) is -2.12. The van der Waals surface area contributed by atoms with E-state index in [-0.39, 0.29) is 0 Å². The molecule has 0 aliphatic rings. The van der Waals surface area contributed by atoms with E-state index in [1.54, 1.807) is 0 Å². The summed E-state index contributed by atoms with van der Waals surface area (Å²) >= 11 is 0. The molecule has 0 aromatic rings. The molecular formula is C4H8O5. The topological polar surface area (TPSA) is 65.0 Å².